The second-order valence-corrected chi connectivity index (χ2v) is 10.6. The zero-order valence-electron chi connectivity index (χ0n) is 21.2. The maximum atomic E-state index is 11.5. The Morgan fingerprint density at radius 1 is 0.900 bits per heavy atom. The van der Waals surface area contributed by atoms with Gasteiger partial charge in [-0.1, -0.05) is 53.9 Å². The van der Waals surface area contributed by atoms with Crippen LogP contribution in [0.15, 0.2) is 0 Å². The maximum absolute atomic E-state index is 11.5. The number of ether oxygens (including phenoxy) is 1. The predicted octanol–water partition coefficient (Wildman–Crippen LogP) is 8.58. The summed E-state index contributed by atoms with van der Waals surface area (Å²) in [5, 5.41) is 0. The summed E-state index contributed by atoms with van der Waals surface area (Å²) in [6, 6.07) is 0. The molecular weight excluding hydrogens is 368 g/mol. The Balaban J connectivity index is 0.000000757. The first-order valence-corrected chi connectivity index (χ1v) is 13.6. The van der Waals surface area contributed by atoms with Gasteiger partial charge in [0.25, 0.3) is 0 Å². The fourth-order valence-corrected chi connectivity index (χ4v) is 8.31. The topological polar surface area (TPSA) is 26.3 Å². The van der Waals surface area contributed by atoms with Crippen LogP contribution in [0, 0.1) is 34.5 Å². The number of carbonyl (C=O) groups is 1. The third kappa shape index (κ3) is 5.26. The van der Waals surface area contributed by atoms with E-state index in [4.69, 9.17) is 4.74 Å². The number of esters is 1. The molecular formula is C28H52O2. The van der Waals surface area contributed by atoms with Crippen LogP contribution in [0.2, 0.25) is 0 Å². The molecule has 0 heterocycles. The van der Waals surface area contributed by atoms with Gasteiger partial charge in [0.1, 0.15) is 0 Å². The second kappa shape index (κ2) is 11.9. The molecule has 0 saturated heterocycles. The summed E-state index contributed by atoms with van der Waals surface area (Å²) in [6.45, 7) is 10.6. The monoisotopic (exact) mass is 420 g/mol. The summed E-state index contributed by atoms with van der Waals surface area (Å²) in [7, 11) is 1.52. The van der Waals surface area contributed by atoms with Gasteiger partial charge in [-0.2, -0.15) is 0 Å². The second-order valence-electron chi connectivity index (χ2n) is 10.6. The quantitative estimate of drug-likeness (QED) is 0.426. The SMILES string of the molecule is CC.CC.COC(=O)CCCC1CCC2C3CCC4CCCCC4(CCCC12C)C3. The van der Waals surface area contributed by atoms with Crippen LogP contribution in [0.5, 0.6) is 0 Å². The first-order chi connectivity index (χ1) is 14.6. The van der Waals surface area contributed by atoms with Gasteiger partial charge < -0.3 is 4.74 Å². The molecule has 2 nitrogen and oxygen atoms in total. The molecule has 6 atom stereocenters. The van der Waals surface area contributed by atoms with Gasteiger partial charge in [0.05, 0.1) is 7.11 Å². The minimum absolute atomic E-state index is 0.0278. The Morgan fingerprint density at radius 3 is 2.37 bits per heavy atom. The van der Waals surface area contributed by atoms with Crippen LogP contribution in [0.3, 0.4) is 0 Å². The summed E-state index contributed by atoms with van der Waals surface area (Å²) in [6.07, 6.45) is 20.9. The Labute approximate surface area is 188 Å². The third-order valence-electron chi connectivity index (χ3n) is 9.62. The molecule has 0 radical (unpaired) electrons. The van der Waals surface area contributed by atoms with Crippen LogP contribution >= 0.6 is 0 Å². The first-order valence-electron chi connectivity index (χ1n) is 13.6. The molecule has 2 heteroatoms. The van der Waals surface area contributed by atoms with E-state index in [-0.39, 0.29) is 5.97 Å². The normalized spacial score (nSPS) is 39.5. The summed E-state index contributed by atoms with van der Waals surface area (Å²) in [5.74, 6) is 3.84. The van der Waals surface area contributed by atoms with E-state index in [9.17, 15) is 4.79 Å². The number of methoxy groups -OCH3 is 1. The van der Waals surface area contributed by atoms with E-state index < -0.39 is 0 Å². The number of hydrogen-bond acceptors (Lipinski definition) is 2. The molecule has 30 heavy (non-hydrogen) atoms. The lowest BCUT2D eigenvalue weighted by Crippen LogP contribution is -2.46. The fourth-order valence-electron chi connectivity index (χ4n) is 8.31. The highest BCUT2D eigenvalue weighted by Gasteiger charge is 2.54. The van der Waals surface area contributed by atoms with E-state index in [2.05, 4.69) is 6.92 Å². The number of fused-ring (bicyclic) bond motifs is 3. The Kier molecular flexibility index (Phi) is 10.2. The molecule has 0 aromatic rings. The first kappa shape index (κ1) is 25.7. The van der Waals surface area contributed by atoms with Gasteiger partial charge >= 0.3 is 5.97 Å². The molecule has 0 aliphatic heterocycles. The molecule has 2 bridgehead atoms. The van der Waals surface area contributed by atoms with Gasteiger partial charge in [-0.15, -0.1) is 0 Å². The van der Waals surface area contributed by atoms with E-state index in [1.807, 2.05) is 27.7 Å². The number of carbonyl (C=O) groups excluding carboxylic acids is 1. The zero-order valence-corrected chi connectivity index (χ0v) is 21.2. The van der Waals surface area contributed by atoms with Crippen molar-refractivity contribution in [2.75, 3.05) is 7.11 Å². The Morgan fingerprint density at radius 2 is 1.63 bits per heavy atom. The molecule has 176 valence electrons. The van der Waals surface area contributed by atoms with E-state index in [1.54, 1.807) is 12.8 Å². The van der Waals surface area contributed by atoms with Crippen molar-refractivity contribution in [1.29, 1.82) is 0 Å². The smallest absolute Gasteiger partial charge is 0.305 e. The highest BCUT2D eigenvalue weighted by Crippen LogP contribution is 2.64. The Hall–Kier alpha value is -0.530. The highest BCUT2D eigenvalue weighted by atomic mass is 16.5. The van der Waals surface area contributed by atoms with Gasteiger partial charge in [0, 0.05) is 6.42 Å². The lowest BCUT2D eigenvalue weighted by Gasteiger charge is -2.56. The number of rotatable bonds is 4. The molecule has 0 aromatic heterocycles. The molecule has 4 rings (SSSR count). The highest BCUT2D eigenvalue weighted by molar-refractivity contribution is 5.68. The van der Waals surface area contributed by atoms with Crippen LogP contribution in [0.1, 0.15) is 131 Å². The van der Waals surface area contributed by atoms with Crippen molar-refractivity contribution in [3.63, 3.8) is 0 Å². The minimum atomic E-state index is -0.0278. The van der Waals surface area contributed by atoms with Crippen LogP contribution in [-0.2, 0) is 9.53 Å². The van der Waals surface area contributed by atoms with Gasteiger partial charge in [0.15, 0.2) is 0 Å². The van der Waals surface area contributed by atoms with Crippen LogP contribution in [0.4, 0.5) is 0 Å². The van der Waals surface area contributed by atoms with E-state index >= 15 is 0 Å². The van der Waals surface area contributed by atoms with Crippen LogP contribution < -0.4 is 0 Å². The average Bonchev–Trinajstić information content (AvgIpc) is 3.11. The maximum Gasteiger partial charge on any atom is 0.305 e. The molecule has 6 unspecified atom stereocenters. The van der Waals surface area contributed by atoms with Gasteiger partial charge in [-0.3, -0.25) is 4.79 Å². The van der Waals surface area contributed by atoms with Gasteiger partial charge in [-0.25, -0.2) is 0 Å². The molecule has 4 aliphatic carbocycles. The van der Waals surface area contributed by atoms with Crippen molar-refractivity contribution in [3.05, 3.63) is 0 Å². The summed E-state index contributed by atoms with van der Waals surface area (Å²) in [4.78, 5) is 11.5. The minimum Gasteiger partial charge on any atom is -0.469 e. The third-order valence-corrected chi connectivity index (χ3v) is 9.62. The number of hydrogen-bond donors (Lipinski definition) is 0. The molecule has 4 fully saturated rings. The van der Waals surface area contributed by atoms with Gasteiger partial charge in [0.2, 0.25) is 0 Å². The van der Waals surface area contributed by atoms with E-state index in [1.165, 1.54) is 77.7 Å². The largest absolute Gasteiger partial charge is 0.469 e. The van der Waals surface area contributed by atoms with E-state index in [0.717, 1.165) is 35.5 Å². The predicted molar refractivity (Wildman–Crippen MR) is 128 cm³/mol. The molecule has 1 spiro atoms. The van der Waals surface area contributed by atoms with Crippen molar-refractivity contribution in [2.24, 2.45) is 34.5 Å². The fraction of sp³-hybridized carbons (Fsp3) is 0.964. The average molecular weight is 421 g/mol. The van der Waals surface area contributed by atoms with Crippen molar-refractivity contribution in [3.8, 4) is 0 Å². The molecule has 0 aromatic carbocycles. The molecule has 4 saturated carbocycles. The van der Waals surface area contributed by atoms with Crippen LogP contribution in [-0.4, -0.2) is 13.1 Å². The Bertz CT molecular complexity index is 515. The summed E-state index contributed by atoms with van der Waals surface area (Å²) < 4.78 is 4.85. The lowest BCUT2D eigenvalue weighted by molar-refractivity contribution is -0.140. The molecule has 0 amide bonds. The summed E-state index contributed by atoms with van der Waals surface area (Å²) >= 11 is 0. The van der Waals surface area contributed by atoms with Crippen molar-refractivity contribution >= 4 is 5.97 Å². The lowest BCUT2D eigenvalue weighted by atomic mass is 9.49. The zero-order chi connectivity index (χ0) is 22.2. The van der Waals surface area contributed by atoms with E-state index in [0.29, 0.717) is 11.8 Å². The van der Waals surface area contributed by atoms with Crippen LogP contribution in [0.25, 0.3) is 0 Å². The van der Waals surface area contributed by atoms with Crippen molar-refractivity contribution in [2.45, 2.75) is 131 Å². The molecule has 4 aliphatic rings. The standard InChI is InChI=1S/C24H40O2.2C2H6/c1-23-14-6-16-24-15-4-3-7-20(24)11-10-18(17-24)21(23)13-12-19(23)8-5-9-22(25)26-2;2*1-2/h18-21H,3-17H2,1-2H3;2*1-2H3. The van der Waals surface area contributed by atoms with Gasteiger partial charge in [-0.05, 0) is 105 Å². The summed E-state index contributed by atoms with van der Waals surface area (Å²) in [5.41, 5.74) is 1.29. The van der Waals surface area contributed by atoms with Crippen molar-refractivity contribution < 1.29 is 9.53 Å². The molecule has 0 N–H and O–H groups in total. The van der Waals surface area contributed by atoms with Crippen molar-refractivity contribution in [1.82, 2.24) is 0 Å².